The predicted octanol–water partition coefficient (Wildman–Crippen LogP) is 3.34. The van der Waals surface area contributed by atoms with E-state index >= 15 is 0 Å². The third-order valence-corrected chi connectivity index (χ3v) is 4.79. The molecule has 0 saturated carbocycles. The molecule has 1 fully saturated rings. The maximum absolute atomic E-state index is 11.7. The maximum Gasteiger partial charge on any atom is 0.337 e. The number of furan rings is 1. The predicted molar refractivity (Wildman–Crippen MR) is 107 cm³/mol. The van der Waals surface area contributed by atoms with Gasteiger partial charge < -0.3 is 9.15 Å². The molecule has 3 heterocycles. The molecule has 0 radical (unpaired) electrons. The number of benzene rings is 1. The van der Waals surface area contributed by atoms with Gasteiger partial charge in [-0.2, -0.15) is 0 Å². The first-order valence-electron chi connectivity index (χ1n) is 8.36. The minimum Gasteiger partial charge on any atom is -0.465 e. The second-order valence-electron chi connectivity index (χ2n) is 5.93. The van der Waals surface area contributed by atoms with Gasteiger partial charge in [0.25, 0.3) is 11.1 Å². The zero-order valence-corrected chi connectivity index (χ0v) is 15.8. The molecule has 0 bridgehead atoms. The number of aromatic nitrogens is 1. The fraction of sp³-hybridized carbons (Fsp3) is 0.0476. The van der Waals surface area contributed by atoms with Gasteiger partial charge >= 0.3 is 5.97 Å². The third-order valence-electron chi connectivity index (χ3n) is 3.98. The monoisotopic (exact) mass is 404 g/mol. The van der Waals surface area contributed by atoms with E-state index in [0.717, 1.165) is 11.8 Å². The lowest BCUT2D eigenvalue weighted by Crippen LogP contribution is -2.17. The molecule has 8 heteroatoms. The average molecular weight is 404 g/mol. The summed E-state index contributed by atoms with van der Waals surface area (Å²) in [6.45, 7) is 0. The van der Waals surface area contributed by atoms with Gasteiger partial charge in [-0.3, -0.25) is 19.9 Å². The molecule has 2 amide bonds. The number of fused-ring (bicyclic) bond motifs is 1. The first kappa shape index (κ1) is 18.5. The lowest BCUT2D eigenvalue weighted by atomic mass is 10.1. The number of carbonyl (C=O) groups is 3. The maximum atomic E-state index is 11.7. The Morgan fingerprint density at radius 1 is 1.24 bits per heavy atom. The molecule has 1 aliphatic heterocycles. The Bertz CT molecular complexity index is 1260. The number of pyridine rings is 1. The van der Waals surface area contributed by atoms with Crippen LogP contribution in [0, 0.1) is 11.8 Å². The van der Waals surface area contributed by atoms with Crippen molar-refractivity contribution in [1.29, 1.82) is 0 Å². The molecule has 142 valence electrons. The summed E-state index contributed by atoms with van der Waals surface area (Å²) >= 11 is 0.816. The van der Waals surface area contributed by atoms with Crippen molar-refractivity contribution >= 4 is 45.9 Å². The van der Waals surface area contributed by atoms with Gasteiger partial charge in [0.15, 0.2) is 5.58 Å². The molecule has 3 aromatic rings. The van der Waals surface area contributed by atoms with Crippen LogP contribution in [0.25, 0.3) is 17.0 Å². The van der Waals surface area contributed by atoms with Crippen LogP contribution in [0.1, 0.15) is 27.2 Å². The second kappa shape index (κ2) is 7.66. The number of hydrogen-bond acceptors (Lipinski definition) is 7. The van der Waals surface area contributed by atoms with Gasteiger partial charge in [0.2, 0.25) is 0 Å². The normalized spacial score (nSPS) is 14.6. The number of nitrogens with one attached hydrogen (secondary N) is 1. The van der Waals surface area contributed by atoms with Crippen LogP contribution < -0.4 is 5.32 Å². The highest BCUT2D eigenvalue weighted by Crippen LogP contribution is 2.28. The molecular formula is C21H12N2O5S. The van der Waals surface area contributed by atoms with Crippen LogP contribution >= 0.6 is 11.8 Å². The van der Waals surface area contributed by atoms with Crippen molar-refractivity contribution in [2.75, 3.05) is 7.11 Å². The molecule has 1 saturated heterocycles. The molecule has 1 N–H and O–H groups in total. The fourth-order valence-electron chi connectivity index (χ4n) is 2.67. The minimum atomic E-state index is -0.455. The largest absolute Gasteiger partial charge is 0.465 e. The minimum absolute atomic E-state index is 0.259. The molecule has 2 aromatic heterocycles. The summed E-state index contributed by atoms with van der Waals surface area (Å²) in [5, 5.41) is 2.49. The number of nitrogens with zero attached hydrogens (tertiary/aromatic N) is 1. The van der Waals surface area contributed by atoms with E-state index in [1.807, 2.05) is 0 Å². The van der Waals surface area contributed by atoms with Gasteiger partial charge in [0, 0.05) is 29.4 Å². The number of hydrogen-bond donors (Lipinski definition) is 1. The molecular weight excluding hydrogens is 392 g/mol. The highest BCUT2D eigenvalue weighted by atomic mass is 32.2. The summed E-state index contributed by atoms with van der Waals surface area (Å²) in [5.74, 6) is 5.50. The van der Waals surface area contributed by atoms with Crippen molar-refractivity contribution in [3.8, 4) is 11.8 Å². The molecule has 0 unspecified atom stereocenters. The van der Waals surface area contributed by atoms with E-state index < -0.39 is 17.1 Å². The smallest absolute Gasteiger partial charge is 0.337 e. The molecule has 0 aliphatic carbocycles. The number of methoxy groups -OCH3 is 1. The lowest BCUT2D eigenvalue weighted by molar-refractivity contribution is -0.115. The first-order chi connectivity index (χ1) is 14.0. The number of ether oxygens (including phenoxy) is 1. The summed E-state index contributed by atoms with van der Waals surface area (Å²) in [6.07, 6.45) is 4.69. The Kier molecular flexibility index (Phi) is 4.89. The van der Waals surface area contributed by atoms with Crippen LogP contribution in [0.2, 0.25) is 0 Å². The van der Waals surface area contributed by atoms with Crippen LogP contribution in [-0.2, 0) is 9.53 Å². The highest BCUT2D eigenvalue weighted by Gasteiger charge is 2.25. The van der Waals surface area contributed by atoms with Crippen LogP contribution in [0.5, 0.6) is 0 Å². The zero-order chi connectivity index (χ0) is 20.4. The molecule has 7 nitrogen and oxygen atoms in total. The number of amides is 2. The standard InChI is InChI=1S/C21H12N2O5S/c1-27-20(25)13-4-2-3-12(7-13)5-6-14-10-22-11-15-8-16(28-18(14)15)9-17-19(24)23-21(26)29-17/h2-4,7-11H,1H3,(H,23,24,26)/b17-9+. The van der Waals surface area contributed by atoms with Gasteiger partial charge in [-0.25, -0.2) is 4.79 Å². The quantitative estimate of drug-likeness (QED) is 0.397. The van der Waals surface area contributed by atoms with Crippen molar-refractivity contribution in [3.63, 3.8) is 0 Å². The van der Waals surface area contributed by atoms with E-state index in [9.17, 15) is 14.4 Å². The Balaban J connectivity index is 1.68. The van der Waals surface area contributed by atoms with Gasteiger partial charge in [0.05, 0.1) is 23.1 Å². The van der Waals surface area contributed by atoms with Gasteiger partial charge in [-0.05, 0) is 36.0 Å². The van der Waals surface area contributed by atoms with Crippen molar-refractivity contribution in [2.24, 2.45) is 0 Å². The number of carbonyl (C=O) groups excluding carboxylic acids is 3. The summed E-state index contributed by atoms with van der Waals surface area (Å²) in [4.78, 5) is 39.1. The topological polar surface area (TPSA) is 98.5 Å². The van der Waals surface area contributed by atoms with E-state index in [2.05, 4.69) is 22.1 Å². The lowest BCUT2D eigenvalue weighted by Gasteiger charge is -1.98. The fourth-order valence-corrected chi connectivity index (χ4v) is 3.34. The first-order valence-corrected chi connectivity index (χ1v) is 9.18. The van der Waals surface area contributed by atoms with Crippen LogP contribution in [0.4, 0.5) is 4.79 Å². The van der Waals surface area contributed by atoms with Crippen LogP contribution in [0.15, 0.2) is 52.0 Å². The SMILES string of the molecule is COC(=O)c1cccc(C#Cc2cncc3cc(/C=C4/SC(=O)NC4=O)oc23)c1. The number of imide groups is 1. The van der Waals surface area contributed by atoms with Crippen molar-refractivity contribution in [3.05, 3.63) is 70.1 Å². The van der Waals surface area contributed by atoms with E-state index in [1.165, 1.54) is 13.2 Å². The molecule has 4 rings (SSSR count). The zero-order valence-electron chi connectivity index (χ0n) is 15.0. The summed E-state index contributed by atoms with van der Waals surface area (Å²) < 4.78 is 10.5. The van der Waals surface area contributed by atoms with Crippen molar-refractivity contribution in [1.82, 2.24) is 10.3 Å². The van der Waals surface area contributed by atoms with Gasteiger partial charge in [0.1, 0.15) is 5.76 Å². The van der Waals surface area contributed by atoms with E-state index in [4.69, 9.17) is 9.15 Å². The number of rotatable bonds is 2. The van der Waals surface area contributed by atoms with Crippen LogP contribution in [0.3, 0.4) is 0 Å². The summed E-state index contributed by atoms with van der Waals surface area (Å²) in [7, 11) is 1.32. The molecule has 0 spiro atoms. The number of thioether (sulfide) groups is 1. The Hall–Kier alpha value is -3.83. The van der Waals surface area contributed by atoms with Gasteiger partial charge in [-0.15, -0.1) is 0 Å². The highest BCUT2D eigenvalue weighted by molar-refractivity contribution is 8.18. The van der Waals surface area contributed by atoms with Crippen LogP contribution in [-0.4, -0.2) is 29.2 Å². The Morgan fingerprint density at radius 3 is 2.86 bits per heavy atom. The van der Waals surface area contributed by atoms with E-state index in [-0.39, 0.29) is 4.91 Å². The Labute approximate surface area is 169 Å². The number of esters is 1. The van der Waals surface area contributed by atoms with Crippen molar-refractivity contribution < 1.29 is 23.5 Å². The van der Waals surface area contributed by atoms with E-state index in [1.54, 1.807) is 42.7 Å². The van der Waals surface area contributed by atoms with E-state index in [0.29, 0.717) is 33.4 Å². The molecule has 0 atom stereocenters. The average Bonchev–Trinajstić information content (AvgIpc) is 3.28. The third kappa shape index (κ3) is 3.90. The summed E-state index contributed by atoms with van der Waals surface area (Å²) in [6, 6.07) is 8.50. The van der Waals surface area contributed by atoms with Gasteiger partial charge in [-0.1, -0.05) is 17.9 Å². The summed E-state index contributed by atoms with van der Waals surface area (Å²) in [5.41, 5.74) is 2.11. The molecule has 29 heavy (non-hydrogen) atoms. The second-order valence-corrected chi connectivity index (χ2v) is 6.94. The van der Waals surface area contributed by atoms with Crippen molar-refractivity contribution in [2.45, 2.75) is 0 Å². The Morgan fingerprint density at radius 2 is 2.10 bits per heavy atom. The molecule has 1 aromatic carbocycles. The molecule has 1 aliphatic rings.